The molecule has 1 heterocycles. The van der Waals surface area contributed by atoms with Crippen molar-refractivity contribution in [3.8, 4) is 12.3 Å². The first kappa shape index (κ1) is 9.75. The van der Waals surface area contributed by atoms with Crippen LogP contribution in [0.25, 0.3) is 10.1 Å². The second kappa shape index (κ2) is 4.16. The van der Waals surface area contributed by atoms with Crippen LogP contribution in [0.15, 0.2) is 30.3 Å². The maximum absolute atomic E-state index is 11.6. The molecule has 15 heavy (non-hydrogen) atoms. The molecule has 1 N–H and O–H groups in total. The molecule has 74 valence electrons. The molecule has 2 nitrogen and oxygen atoms in total. The van der Waals surface area contributed by atoms with Gasteiger partial charge in [0.15, 0.2) is 0 Å². The predicted molar refractivity (Wildman–Crippen MR) is 63.0 cm³/mol. The van der Waals surface area contributed by atoms with Crippen LogP contribution in [-0.2, 0) is 0 Å². The van der Waals surface area contributed by atoms with E-state index in [-0.39, 0.29) is 12.5 Å². The maximum Gasteiger partial charge on any atom is 0.262 e. The third kappa shape index (κ3) is 2.00. The zero-order chi connectivity index (χ0) is 10.7. The van der Waals surface area contributed by atoms with Crippen LogP contribution in [0.3, 0.4) is 0 Å². The van der Waals surface area contributed by atoms with E-state index in [0.717, 1.165) is 10.1 Å². The topological polar surface area (TPSA) is 29.1 Å². The van der Waals surface area contributed by atoms with Crippen LogP contribution >= 0.6 is 11.3 Å². The highest BCUT2D eigenvalue weighted by atomic mass is 32.1. The number of amides is 1. The van der Waals surface area contributed by atoms with Crippen LogP contribution in [0.2, 0.25) is 0 Å². The van der Waals surface area contributed by atoms with Gasteiger partial charge in [-0.2, -0.15) is 0 Å². The van der Waals surface area contributed by atoms with Gasteiger partial charge in [-0.15, -0.1) is 17.8 Å². The number of hydrogen-bond acceptors (Lipinski definition) is 2. The number of nitrogens with one attached hydrogen (secondary N) is 1. The Morgan fingerprint density at radius 1 is 1.47 bits per heavy atom. The largest absolute Gasteiger partial charge is 0.340 e. The monoisotopic (exact) mass is 215 g/mol. The normalized spacial score (nSPS) is 9.80. The second-order valence-electron chi connectivity index (χ2n) is 3.04. The number of thiophene rings is 1. The lowest BCUT2D eigenvalue weighted by molar-refractivity contribution is 0.0963. The molecule has 0 bridgehead atoms. The van der Waals surface area contributed by atoms with Crippen molar-refractivity contribution >= 4 is 27.3 Å². The van der Waals surface area contributed by atoms with Crippen LogP contribution in [0.5, 0.6) is 0 Å². The number of benzene rings is 1. The highest BCUT2D eigenvalue weighted by molar-refractivity contribution is 7.20. The Balaban J connectivity index is 2.29. The number of terminal acetylenes is 1. The second-order valence-corrected chi connectivity index (χ2v) is 4.12. The Morgan fingerprint density at radius 2 is 2.27 bits per heavy atom. The van der Waals surface area contributed by atoms with Gasteiger partial charge in [0, 0.05) is 4.70 Å². The van der Waals surface area contributed by atoms with Gasteiger partial charge in [0.25, 0.3) is 5.91 Å². The fourth-order valence-electron chi connectivity index (χ4n) is 1.31. The molecule has 1 aromatic heterocycles. The average molecular weight is 215 g/mol. The fraction of sp³-hybridized carbons (Fsp3) is 0.0833. The molecule has 2 aromatic rings. The fourth-order valence-corrected chi connectivity index (χ4v) is 2.29. The third-order valence-corrected chi connectivity index (χ3v) is 3.12. The highest BCUT2D eigenvalue weighted by Gasteiger charge is 2.08. The van der Waals surface area contributed by atoms with Gasteiger partial charge in [-0.1, -0.05) is 24.1 Å². The average Bonchev–Trinajstić information content (AvgIpc) is 2.69. The molecule has 1 aromatic carbocycles. The predicted octanol–water partition coefficient (Wildman–Crippen LogP) is 2.26. The van der Waals surface area contributed by atoms with Gasteiger partial charge in [0.05, 0.1) is 11.4 Å². The summed E-state index contributed by atoms with van der Waals surface area (Å²) in [5, 5.41) is 3.74. The van der Waals surface area contributed by atoms with E-state index in [1.54, 1.807) is 0 Å². The van der Waals surface area contributed by atoms with Crippen molar-refractivity contribution in [3.63, 3.8) is 0 Å². The van der Waals surface area contributed by atoms with E-state index in [1.807, 2.05) is 30.3 Å². The number of rotatable bonds is 2. The first-order chi connectivity index (χ1) is 7.31. The molecule has 0 atom stereocenters. The van der Waals surface area contributed by atoms with Crippen LogP contribution in [0.1, 0.15) is 9.67 Å². The minimum Gasteiger partial charge on any atom is -0.340 e. The van der Waals surface area contributed by atoms with Crippen LogP contribution in [-0.4, -0.2) is 12.5 Å². The lowest BCUT2D eigenvalue weighted by Gasteiger charge is -1.95. The van der Waals surface area contributed by atoms with Gasteiger partial charge in [-0.25, -0.2) is 0 Å². The summed E-state index contributed by atoms with van der Waals surface area (Å²) in [5.41, 5.74) is 0. The number of carbonyl (C=O) groups excluding carboxylic acids is 1. The number of fused-ring (bicyclic) bond motifs is 1. The number of carbonyl (C=O) groups is 1. The van der Waals surface area contributed by atoms with E-state index >= 15 is 0 Å². The van der Waals surface area contributed by atoms with Crippen molar-refractivity contribution in [2.24, 2.45) is 0 Å². The van der Waals surface area contributed by atoms with E-state index in [9.17, 15) is 4.79 Å². The zero-order valence-electron chi connectivity index (χ0n) is 7.99. The molecule has 0 aliphatic rings. The summed E-state index contributed by atoms with van der Waals surface area (Å²) in [6.07, 6.45) is 5.07. The smallest absolute Gasteiger partial charge is 0.262 e. The molecule has 0 aliphatic heterocycles. The van der Waals surface area contributed by atoms with Gasteiger partial charge < -0.3 is 5.32 Å². The summed E-state index contributed by atoms with van der Waals surface area (Å²) < 4.78 is 1.11. The Kier molecular flexibility index (Phi) is 2.70. The molecule has 3 heteroatoms. The Hall–Kier alpha value is -1.79. The van der Waals surface area contributed by atoms with Crippen LogP contribution in [0, 0.1) is 12.3 Å². The van der Waals surface area contributed by atoms with Gasteiger partial charge >= 0.3 is 0 Å². The zero-order valence-corrected chi connectivity index (χ0v) is 8.80. The minimum absolute atomic E-state index is 0.103. The Morgan fingerprint density at radius 3 is 3.00 bits per heavy atom. The minimum atomic E-state index is -0.103. The van der Waals surface area contributed by atoms with E-state index < -0.39 is 0 Å². The van der Waals surface area contributed by atoms with Crippen molar-refractivity contribution in [1.29, 1.82) is 0 Å². The lowest BCUT2D eigenvalue weighted by Crippen LogP contribution is -2.22. The van der Waals surface area contributed by atoms with Gasteiger partial charge in [-0.05, 0) is 17.5 Å². The molecule has 2 rings (SSSR count). The molecule has 0 saturated carbocycles. The molecular weight excluding hydrogens is 206 g/mol. The Bertz CT molecular complexity index is 503. The van der Waals surface area contributed by atoms with Crippen molar-refractivity contribution in [1.82, 2.24) is 5.32 Å². The van der Waals surface area contributed by atoms with Crippen LogP contribution in [0.4, 0.5) is 0 Å². The van der Waals surface area contributed by atoms with Gasteiger partial charge in [0.2, 0.25) is 0 Å². The maximum atomic E-state index is 11.6. The summed E-state index contributed by atoms with van der Waals surface area (Å²) in [7, 11) is 0. The van der Waals surface area contributed by atoms with E-state index in [4.69, 9.17) is 6.42 Å². The van der Waals surface area contributed by atoms with Crippen molar-refractivity contribution in [2.45, 2.75) is 0 Å². The summed E-state index contributed by atoms with van der Waals surface area (Å²) >= 11 is 1.48. The molecule has 0 spiro atoms. The standard InChI is InChI=1S/C12H9NOS/c1-2-7-13-12(14)11-8-9-5-3-4-6-10(9)15-11/h1,3-6,8H,7H2,(H,13,14). The molecule has 0 unspecified atom stereocenters. The third-order valence-electron chi connectivity index (χ3n) is 2.00. The summed E-state index contributed by atoms with van der Waals surface area (Å²) in [6, 6.07) is 9.79. The number of hydrogen-bond donors (Lipinski definition) is 1. The highest BCUT2D eigenvalue weighted by Crippen LogP contribution is 2.24. The quantitative estimate of drug-likeness (QED) is 0.765. The summed E-state index contributed by atoms with van der Waals surface area (Å²) in [6.45, 7) is 0.271. The molecule has 0 saturated heterocycles. The van der Waals surface area contributed by atoms with E-state index in [0.29, 0.717) is 4.88 Å². The van der Waals surface area contributed by atoms with Gasteiger partial charge in [-0.3, -0.25) is 4.79 Å². The Labute approximate surface area is 91.9 Å². The molecule has 0 fully saturated rings. The SMILES string of the molecule is C#CCNC(=O)c1cc2ccccc2s1. The van der Waals surface area contributed by atoms with Crippen molar-refractivity contribution in [2.75, 3.05) is 6.54 Å². The summed E-state index contributed by atoms with van der Waals surface area (Å²) in [5.74, 6) is 2.27. The van der Waals surface area contributed by atoms with E-state index in [2.05, 4.69) is 11.2 Å². The van der Waals surface area contributed by atoms with Gasteiger partial charge in [0.1, 0.15) is 0 Å². The van der Waals surface area contributed by atoms with E-state index in [1.165, 1.54) is 11.3 Å². The molecule has 1 amide bonds. The first-order valence-corrected chi connectivity index (χ1v) is 5.33. The first-order valence-electron chi connectivity index (χ1n) is 4.51. The molecular formula is C12H9NOS. The summed E-state index contributed by atoms with van der Waals surface area (Å²) in [4.78, 5) is 12.3. The van der Waals surface area contributed by atoms with Crippen molar-refractivity contribution in [3.05, 3.63) is 35.2 Å². The lowest BCUT2D eigenvalue weighted by atomic mass is 10.2. The van der Waals surface area contributed by atoms with Crippen LogP contribution < -0.4 is 5.32 Å². The van der Waals surface area contributed by atoms with Crippen molar-refractivity contribution < 1.29 is 4.79 Å². The molecule has 0 radical (unpaired) electrons. The molecule has 0 aliphatic carbocycles.